The number of nitrogens with one attached hydrogen (secondary N) is 1. The van der Waals surface area contributed by atoms with Crippen molar-refractivity contribution >= 4 is 6.29 Å². The predicted molar refractivity (Wildman–Crippen MR) is 30.3 cm³/mol. The highest BCUT2D eigenvalue weighted by Crippen LogP contribution is 1.58. The maximum absolute atomic E-state index is 9.58. The van der Waals surface area contributed by atoms with Gasteiger partial charge in [-0.1, -0.05) is 0 Å². The smallest absolute Gasteiger partial charge is 0.144 e. The second-order valence-electron chi connectivity index (χ2n) is 1.17. The molecule has 0 bridgehead atoms. The summed E-state index contributed by atoms with van der Waals surface area (Å²) in [6.07, 6.45) is 3.49. The number of carbonyl (C=O) groups excluding carboxylic acids is 1. The molecular weight excluding hydrogens is 106 g/mol. The number of carbonyl (C=O) groups is 1. The number of aliphatic hydroxyl groups excluding tert-OH is 1. The van der Waals surface area contributed by atoms with E-state index in [1.807, 2.05) is 0 Å². The van der Waals surface area contributed by atoms with Crippen LogP contribution in [-0.2, 0) is 4.79 Å². The minimum absolute atomic E-state index is 0.0865. The summed E-state index contributed by atoms with van der Waals surface area (Å²) in [5.41, 5.74) is 0. The summed E-state index contributed by atoms with van der Waals surface area (Å²) in [6, 6.07) is 0. The Kier molecular flexibility index (Phi) is 5.53. The zero-order chi connectivity index (χ0) is 6.24. The topological polar surface area (TPSA) is 49.3 Å². The highest BCUT2D eigenvalue weighted by atomic mass is 16.3. The van der Waals surface area contributed by atoms with E-state index < -0.39 is 0 Å². The van der Waals surface area contributed by atoms with E-state index in [1.165, 1.54) is 12.3 Å². The summed E-state index contributed by atoms with van der Waals surface area (Å²) in [6.45, 7) is 0.577. The zero-order valence-electron chi connectivity index (χ0n) is 4.50. The molecule has 2 N–H and O–H groups in total. The fourth-order valence-corrected chi connectivity index (χ4v) is 0.255. The third-order valence-corrected chi connectivity index (χ3v) is 0.549. The Labute approximate surface area is 48.0 Å². The van der Waals surface area contributed by atoms with Crippen molar-refractivity contribution in [3.63, 3.8) is 0 Å². The highest BCUT2D eigenvalue weighted by Gasteiger charge is 1.71. The molecule has 0 aromatic heterocycles. The van der Waals surface area contributed by atoms with Gasteiger partial charge in [-0.05, 0) is 12.3 Å². The molecule has 0 saturated heterocycles. The summed E-state index contributed by atoms with van der Waals surface area (Å²) < 4.78 is 0. The lowest BCUT2D eigenvalue weighted by Gasteiger charge is -1.90. The highest BCUT2D eigenvalue weighted by molar-refractivity contribution is 5.64. The summed E-state index contributed by atoms with van der Waals surface area (Å²) in [5, 5.41) is 10.9. The molecule has 0 aliphatic rings. The van der Waals surface area contributed by atoms with E-state index in [4.69, 9.17) is 5.11 Å². The Morgan fingerprint density at radius 1 is 1.62 bits per heavy atom. The third-order valence-electron chi connectivity index (χ3n) is 0.549. The van der Waals surface area contributed by atoms with Gasteiger partial charge in [0.1, 0.15) is 6.29 Å². The van der Waals surface area contributed by atoms with Gasteiger partial charge in [-0.25, -0.2) is 0 Å². The number of allylic oxidation sites excluding steroid dienone is 1. The van der Waals surface area contributed by atoms with Crippen molar-refractivity contribution in [2.24, 2.45) is 0 Å². The molecule has 46 valence electrons. The zero-order valence-corrected chi connectivity index (χ0v) is 4.50. The van der Waals surface area contributed by atoms with Crippen LogP contribution in [0.3, 0.4) is 0 Å². The molecule has 0 unspecified atom stereocenters. The van der Waals surface area contributed by atoms with Crippen molar-refractivity contribution in [1.29, 1.82) is 0 Å². The number of rotatable bonds is 4. The minimum Gasteiger partial charge on any atom is -0.395 e. The fourth-order valence-electron chi connectivity index (χ4n) is 0.255. The number of aldehydes is 1. The second-order valence-corrected chi connectivity index (χ2v) is 1.17. The molecule has 0 aliphatic carbocycles. The Morgan fingerprint density at radius 3 is 2.88 bits per heavy atom. The van der Waals surface area contributed by atoms with Crippen LogP contribution in [-0.4, -0.2) is 24.5 Å². The average molecular weight is 115 g/mol. The lowest BCUT2D eigenvalue weighted by Crippen LogP contribution is -2.10. The molecule has 3 heteroatoms. The van der Waals surface area contributed by atoms with Crippen molar-refractivity contribution in [2.75, 3.05) is 13.2 Å². The van der Waals surface area contributed by atoms with E-state index in [0.717, 1.165) is 0 Å². The monoisotopic (exact) mass is 115 g/mol. The van der Waals surface area contributed by atoms with E-state index >= 15 is 0 Å². The third kappa shape index (κ3) is 5.17. The van der Waals surface area contributed by atoms with Crippen LogP contribution in [0.25, 0.3) is 0 Å². The first kappa shape index (κ1) is 7.17. The van der Waals surface area contributed by atoms with E-state index in [9.17, 15) is 4.79 Å². The first-order chi connectivity index (χ1) is 3.91. The molecular formula is C5H9NO2. The Morgan fingerprint density at radius 2 is 2.38 bits per heavy atom. The molecule has 0 spiro atoms. The van der Waals surface area contributed by atoms with Crippen LogP contribution in [0.15, 0.2) is 12.3 Å². The van der Waals surface area contributed by atoms with Crippen molar-refractivity contribution in [1.82, 2.24) is 5.32 Å². The molecule has 0 fully saturated rings. The lowest BCUT2D eigenvalue weighted by molar-refractivity contribution is -0.104. The fraction of sp³-hybridized carbons (Fsp3) is 0.400. The second kappa shape index (κ2) is 6.17. The van der Waals surface area contributed by atoms with Gasteiger partial charge in [-0.15, -0.1) is 0 Å². The summed E-state index contributed by atoms with van der Waals surface area (Å²) in [7, 11) is 0. The number of hydrogen-bond acceptors (Lipinski definition) is 3. The van der Waals surface area contributed by atoms with E-state index in [2.05, 4.69) is 5.32 Å². The van der Waals surface area contributed by atoms with Crippen molar-refractivity contribution < 1.29 is 9.90 Å². The number of hydrogen-bond donors (Lipinski definition) is 2. The molecule has 0 rings (SSSR count). The van der Waals surface area contributed by atoms with E-state index in [0.29, 0.717) is 12.8 Å². The lowest BCUT2D eigenvalue weighted by atomic mass is 10.6. The summed E-state index contributed by atoms with van der Waals surface area (Å²) in [4.78, 5) is 9.58. The van der Waals surface area contributed by atoms with Crippen LogP contribution in [0.4, 0.5) is 0 Å². The van der Waals surface area contributed by atoms with Crippen LogP contribution in [0.1, 0.15) is 0 Å². The van der Waals surface area contributed by atoms with E-state index in [-0.39, 0.29) is 6.61 Å². The van der Waals surface area contributed by atoms with Crippen LogP contribution >= 0.6 is 0 Å². The molecule has 3 nitrogen and oxygen atoms in total. The molecule has 0 aromatic rings. The largest absolute Gasteiger partial charge is 0.395 e. The number of aliphatic hydroxyl groups is 1. The molecule has 0 amide bonds. The quantitative estimate of drug-likeness (QED) is 0.289. The van der Waals surface area contributed by atoms with Gasteiger partial charge >= 0.3 is 0 Å². The Balaban J connectivity index is 2.91. The average Bonchev–Trinajstić information content (AvgIpc) is 1.81. The Hall–Kier alpha value is -0.830. The van der Waals surface area contributed by atoms with Gasteiger partial charge in [-0.3, -0.25) is 4.79 Å². The van der Waals surface area contributed by atoms with Gasteiger partial charge in [0, 0.05) is 6.54 Å². The molecule has 0 atom stereocenters. The van der Waals surface area contributed by atoms with Gasteiger partial charge in [0.05, 0.1) is 6.61 Å². The molecule has 0 heterocycles. The minimum atomic E-state index is 0.0865. The normalized spacial score (nSPS) is 9.62. The maximum Gasteiger partial charge on any atom is 0.144 e. The molecule has 0 radical (unpaired) electrons. The van der Waals surface area contributed by atoms with E-state index in [1.54, 1.807) is 0 Å². The Bertz CT molecular complexity index is 80.5. The van der Waals surface area contributed by atoms with Gasteiger partial charge in [0.25, 0.3) is 0 Å². The van der Waals surface area contributed by atoms with Crippen LogP contribution in [0, 0.1) is 0 Å². The van der Waals surface area contributed by atoms with Crippen molar-refractivity contribution in [2.45, 2.75) is 0 Å². The van der Waals surface area contributed by atoms with Crippen molar-refractivity contribution in [3.05, 3.63) is 12.3 Å². The SMILES string of the molecule is O=C/C=C/NCCO. The van der Waals surface area contributed by atoms with Crippen LogP contribution in [0.5, 0.6) is 0 Å². The van der Waals surface area contributed by atoms with Gasteiger partial charge in [-0.2, -0.15) is 0 Å². The van der Waals surface area contributed by atoms with Gasteiger partial charge in [0.2, 0.25) is 0 Å². The molecule has 0 aromatic carbocycles. The molecule has 0 aliphatic heterocycles. The van der Waals surface area contributed by atoms with Gasteiger partial charge < -0.3 is 10.4 Å². The van der Waals surface area contributed by atoms with Gasteiger partial charge in [0.15, 0.2) is 0 Å². The molecule has 8 heavy (non-hydrogen) atoms. The maximum atomic E-state index is 9.58. The van der Waals surface area contributed by atoms with Crippen molar-refractivity contribution in [3.8, 4) is 0 Å². The standard InChI is InChI=1S/C5H9NO2/c7-4-1-2-6-3-5-8/h1-2,4,6,8H,3,5H2/b2-1+. The first-order valence-electron chi connectivity index (χ1n) is 2.36. The van der Waals surface area contributed by atoms with Crippen LogP contribution in [0.2, 0.25) is 0 Å². The summed E-state index contributed by atoms with van der Waals surface area (Å²) in [5.74, 6) is 0. The first-order valence-corrected chi connectivity index (χ1v) is 2.36. The summed E-state index contributed by atoms with van der Waals surface area (Å²) >= 11 is 0. The molecule has 0 saturated carbocycles. The predicted octanol–water partition coefficient (Wildman–Crippen LogP) is -0.719. The van der Waals surface area contributed by atoms with Crippen LogP contribution < -0.4 is 5.32 Å².